The number of benzene rings is 2. The van der Waals surface area contributed by atoms with E-state index in [1.54, 1.807) is 12.1 Å². The minimum atomic E-state index is -3.95. The molecule has 1 heterocycles. The summed E-state index contributed by atoms with van der Waals surface area (Å²) >= 11 is 6.14. The molecule has 30 heavy (non-hydrogen) atoms. The molecule has 0 aliphatic carbocycles. The fraction of sp³-hybridized carbons (Fsp3) is 0.250. The molecule has 158 valence electrons. The van der Waals surface area contributed by atoms with Crippen molar-refractivity contribution in [2.75, 3.05) is 16.8 Å². The average Bonchev–Trinajstić information content (AvgIpc) is 3.05. The van der Waals surface area contributed by atoms with Gasteiger partial charge in [0.2, 0.25) is 17.7 Å². The van der Waals surface area contributed by atoms with Gasteiger partial charge in [0.1, 0.15) is 0 Å². The van der Waals surface area contributed by atoms with Gasteiger partial charge in [-0.15, -0.1) is 0 Å². The minimum absolute atomic E-state index is 0.0618. The molecule has 2 N–H and O–H groups in total. The molecule has 0 aromatic heterocycles. The Morgan fingerprint density at radius 2 is 1.80 bits per heavy atom. The van der Waals surface area contributed by atoms with Crippen molar-refractivity contribution in [2.45, 2.75) is 25.2 Å². The first-order chi connectivity index (χ1) is 14.1. The van der Waals surface area contributed by atoms with E-state index in [4.69, 9.17) is 11.6 Å². The summed E-state index contributed by atoms with van der Waals surface area (Å²) in [5, 5.41) is 3.23. The van der Waals surface area contributed by atoms with Crippen molar-refractivity contribution in [2.24, 2.45) is 5.92 Å². The summed E-state index contributed by atoms with van der Waals surface area (Å²) in [4.78, 5) is 37.4. The molecule has 8 nitrogen and oxygen atoms in total. The predicted molar refractivity (Wildman–Crippen MR) is 113 cm³/mol. The zero-order valence-electron chi connectivity index (χ0n) is 16.3. The fourth-order valence-corrected chi connectivity index (χ4v) is 4.26. The first-order valence-electron chi connectivity index (χ1n) is 9.07. The van der Waals surface area contributed by atoms with Gasteiger partial charge in [-0.1, -0.05) is 17.7 Å². The van der Waals surface area contributed by atoms with Gasteiger partial charge in [-0.2, -0.15) is 0 Å². The number of hydrogen-bond donors (Lipinski definition) is 2. The van der Waals surface area contributed by atoms with Gasteiger partial charge in [0.25, 0.3) is 10.0 Å². The zero-order chi connectivity index (χ0) is 22.1. The Morgan fingerprint density at radius 1 is 1.13 bits per heavy atom. The van der Waals surface area contributed by atoms with Gasteiger partial charge in [-0.3, -0.25) is 14.4 Å². The molecule has 1 atom stereocenters. The lowest BCUT2D eigenvalue weighted by Gasteiger charge is -2.17. The van der Waals surface area contributed by atoms with Gasteiger partial charge in [0, 0.05) is 36.3 Å². The topological polar surface area (TPSA) is 113 Å². The average molecular weight is 450 g/mol. The van der Waals surface area contributed by atoms with Crippen molar-refractivity contribution in [3.63, 3.8) is 0 Å². The van der Waals surface area contributed by atoms with Crippen LogP contribution in [0.25, 0.3) is 0 Å². The maximum absolute atomic E-state index is 12.6. The minimum Gasteiger partial charge on any atom is -0.326 e. The summed E-state index contributed by atoms with van der Waals surface area (Å²) in [7, 11) is -3.95. The third-order valence-corrected chi connectivity index (χ3v) is 6.53. The first-order valence-corrected chi connectivity index (χ1v) is 10.9. The molecule has 1 unspecified atom stereocenters. The van der Waals surface area contributed by atoms with Gasteiger partial charge in [0.05, 0.1) is 10.8 Å². The Labute approximate surface area is 179 Å². The van der Waals surface area contributed by atoms with E-state index in [1.807, 2.05) is 17.7 Å². The Kier molecular flexibility index (Phi) is 6.14. The largest absolute Gasteiger partial charge is 0.326 e. The van der Waals surface area contributed by atoms with Crippen molar-refractivity contribution < 1.29 is 22.8 Å². The highest BCUT2D eigenvalue weighted by Crippen LogP contribution is 2.29. The fourth-order valence-electron chi connectivity index (χ4n) is 3.09. The number of aryl methyl sites for hydroxylation is 1. The highest BCUT2D eigenvalue weighted by molar-refractivity contribution is 7.90. The van der Waals surface area contributed by atoms with Crippen LogP contribution in [0.15, 0.2) is 47.4 Å². The molecule has 0 saturated carbocycles. The number of nitrogens with zero attached hydrogens (tertiary/aromatic N) is 1. The third-order valence-electron chi connectivity index (χ3n) is 4.67. The van der Waals surface area contributed by atoms with Crippen LogP contribution in [0.2, 0.25) is 5.02 Å². The van der Waals surface area contributed by atoms with E-state index in [0.29, 0.717) is 16.4 Å². The number of nitrogens with one attached hydrogen (secondary N) is 2. The number of rotatable bonds is 5. The first kappa shape index (κ1) is 21.8. The van der Waals surface area contributed by atoms with Crippen LogP contribution >= 0.6 is 11.6 Å². The Balaban J connectivity index is 1.67. The summed E-state index contributed by atoms with van der Waals surface area (Å²) in [5.74, 6) is -1.77. The molecular formula is C20H20ClN3O5S. The van der Waals surface area contributed by atoms with Crippen LogP contribution in [-0.2, 0) is 24.4 Å². The molecule has 2 aromatic rings. The number of halogens is 1. The van der Waals surface area contributed by atoms with Crippen LogP contribution in [0.1, 0.15) is 18.9 Å². The normalized spacial score (nSPS) is 16.4. The van der Waals surface area contributed by atoms with E-state index in [9.17, 15) is 22.8 Å². The lowest BCUT2D eigenvalue weighted by molar-refractivity contribution is -0.122. The van der Waals surface area contributed by atoms with Crippen LogP contribution < -0.4 is 14.9 Å². The molecule has 1 saturated heterocycles. The Bertz CT molecular complexity index is 1120. The van der Waals surface area contributed by atoms with Crippen molar-refractivity contribution >= 4 is 50.7 Å². The van der Waals surface area contributed by atoms with Gasteiger partial charge >= 0.3 is 0 Å². The highest BCUT2D eigenvalue weighted by atomic mass is 35.5. The maximum atomic E-state index is 12.6. The number of carbonyl (C=O) groups is 3. The standard InChI is InChI=1S/C20H20ClN3O5S/c1-12-3-6-16(10-18(12)21)24-11-14(9-19(24)26)20(27)22-15-4-7-17(8-5-15)30(28,29)23-13(2)25/h3-8,10,14H,9,11H2,1-2H3,(H,22,27)(H,23,25). The van der Waals surface area contributed by atoms with Crippen LogP contribution in [-0.4, -0.2) is 32.7 Å². The molecular weight excluding hydrogens is 430 g/mol. The molecule has 3 amide bonds. The van der Waals surface area contributed by atoms with E-state index in [0.717, 1.165) is 12.5 Å². The van der Waals surface area contributed by atoms with Crippen LogP contribution in [0.3, 0.4) is 0 Å². The molecule has 1 aliphatic rings. The molecule has 0 spiro atoms. The van der Waals surface area contributed by atoms with Crippen LogP contribution in [0.4, 0.5) is 11.4 Å². The second-order valence-electron chi connectivity index (χ2n) is 7.01. The van der Waals surface area contributed by atoms with Crippen molar-refractivity contribution in [1.82, 2.24) is 4.72 Å². The summed E-state index contributed by atoms with van der Waals surface area (Å²) in [6, 6.07) is 10.7. The third kappa shape index (κ3) is 4.80. The summed E-state index contributed by atoms with van der Waals surface area (Å²) < 4.78 is 25.8. The van der Waals surface area contributed by atoms with Crippen molar-refractivity contribution in [3.8, 4) is 0 Å². The van der Waals surface area contributed by atoms with E-state index >= 15 is 0 Å². The number of amides is 3. The molecule has 0 bridgehead atoms. The molecule has 10 heteroatoms. The summed E-state index contributed by atoms with van der Waals surface area (Å²) in [6.45, 7) is 3.18. The summed E-state index contributed by atoms with van der Waals surface area (Å²) in [6.07, 6.45) is 0.0618. The molecule has 1 aliphatic heterocycles. The molecule has 0 radical (unpaired) electrons. The quantitative estimate of drug-likeness (QED) is 0.728. The SMILES string of the molecule is CC(=O)NS(=O)(=O)c1ccc(NC(=O)C2CC(=O)N(c3ccc(C)c(Cl)c3)C2)cc1. The molecule has 3 rings (SSSR count). The van der Waals surface area contributed by atoms with E-state index in [-0.39, 0.29) is 29.7 Å². The van der Waals surface area contributed by atoms with E-state index in [1.165, 1.54) is 29.2 Å². The Hall–Kier alpha value is -2.91. The lowest BCUT2D eigenvalue weighted by atomic mass is 10.1. The number of hydrogen-bond acceptors (Lipinski definition) is 5. The van der Waals surface area contributed by atoms with Crippen molar-refractivity contribution in [3.05, 3.63) is 53.1 Å². The number of sulfonamides is 1. The van der Waals surface area contributed by atoms with Crippen LogP contribution in [0, 0.1) is 12.8 Å². The smallest absolute Gasteiger partial charge is 0.264 e. The maximum Gasteiger partial charge on any atom is 0.264 e. The second kappa shape index (κ2) is 8.45. The second-order valence-corrected chi connectivity index (χ2v) is 9.10. The van der Waals surface area contributed by atoms with E-state index in [2.05, 4.69) is 5.32 Å². The number of anilines is 2. The van der Waals surface area contributed by atoms with Gasteiger partial charge in [-0.05, 0) is 48.9 Å². The highest BCUT2D eigenvalue weighted by Gasteiger charge is 2.35. The molecule has 1 fully saturated rings. The number of carbonyl (C=O) groups excluding carboxylic acids is 3. The van der Waals surface area contributed by atoms with Crippen molar-refractivity contribution in [1.29, 1.82) is 0 Å². The monoisotopic (exact) mass is 449 g/mol. The predicted octanol–water partition coefficient (Wildman–Crippen LogP) is 2.46. The summed E-state index contributed by atoms with van der Waals surface area (Å²) in [5.41, 5.74) is 1.91. The van der Waals surface area contributed by atoms with Gasteiger partial charge in [-0.25, -0.2) is 13.1 Å². The van der Waals surface area contributed by atoms with Gasteiger partial charge in [0.15, 0.2) is 0 Å². The lowest BCUT2D eigenvalue weighted by Crippen LogP contribution is -2.28. The Morgan fingerprint density at radius 3 is 2.40 bits per heavy atom. The molecule has 2 aromatic carbocycles. The van der Waals surface area contributed by atoms with Crippen LogP contribution in [0.5, 0.6) is 0 Å². The van der Waals surface area contributed by atoms with E-state index < -0.39 is 21.8 Å². The zero-order valence-corrected chi connectivity index (χ0v) is 17.9. The van der Waals surface area contributed by atoms with Gasteiger partial charge < -0.3 is 10.2 Å².